The van der Waals surface area contributed by atoms with E-state index in [9.17, 15) is 19.7 Å². The maximum absolute atomic E-state index is 13.4. The zero-order valence-electron chi connectivity index (χ0n) is 24.0. The molecule has 11 heteroatoms. The highest BCUT2D eigenvalue weighted by molar-refractivity contribution is 8.00. The predicted octanol–water partition coefficient (Wildman–Crippen LogP) is 8.68. The second kappa shape index (κ2) is 13.1. The molecule has 4 aromatic rings. The first kappa shape index (κ1) is 31.0. The van der Waals surface area contributed by atoms with E-state index in [0.717, 1.165) is 16.8 Å². The number of fused-ring (bicyclic) bond motifs is 3. The van der Waals surface area contributed by atoms with Gasteiger partial charge in [0.15, 0.2) is 0 Å². The summed E-state index contributed by atoms with van der Waals surface area (Å²) < 4.78 is 10.8. The molecule has 2 aliphatic rings. The number of nitro benzene ring substituents is 1. The second-order valence-electron chi connectivity index (χ2n) is 10.8. The Kier molecular flexibility index (Phi) is 9.03. The Morgan fingerprint density at radius 2 is 1.73 bits per heavy atom. The molecule has 0 bridgehead atoms. The molecule has 1 saturated carbocycles. The van der Waals surface area contributed by atoms with Gasteiger partial charge < -0.3 is 14.8 Å². The van der Waals surface area contributed by atoms with Crippen molar-refractivity contribution in [1.82, 2.24) is 0 Å². The summed E-state index contributed by atoms with van der Waals surface area (Å²) in [6, 6.07) is 26.0. The van der Waals surface area contributed by atoms with Gasteiger partial charge in [-0.3, -0.25) is 10.1 Å². The topological polar surface area (TPSA) is 108 Å². The minimum absolute atomic E-state index is 0.0113. The molecule has 45 heavy (non-hydrogen) atoms. The number of ether oxygens (including phenoxy) is 2. The fraction of sp³-hybridized carbons (Fsp3) is 0.235. The summed E-state index contributed by atoms with van der Waals surface area (Å²) in [5.41, 5.74) is 3.24. The van der Waals surface area contributed by atoms with Crippen LogP contribution in [-0.2, 0) is 4.74 Å². The number of rotatable bonds is 8. The molecule has 0 spiro atoms. The van der Waals surface area contributed by atoms with Gasteiger partial charge in [0, 0.05) is 27.9 Å². The molecule has 1 fully saturated rings. The molecule has 6 rings (SSSR count). The van der Waals surface area contributed by atoms with Crippen molar-refractivity contribution in [1.29, 1.82) is 0 Å². The maximum atomic E-state index is 13.4. The molecule has 0 saturated heterocycles. The Morgan fingerprint density at radius 1 is 1.00 bits per heavy atom. The first-order valence-corrected chi connectivity index (χ1v) is 16.1. The summed E-state index contributed by atoms with van der Waals surface area (Å²) in [6.45, 7) is 1.89. The molecular weight excluding hydrogens is 635 g/mol. The van der Waals surface area contributed by atoms with Crippen molar-refractivity contribution >= 4 is 58.3 Å². The number of carbonyl (C=O) groups is 2. The van der Waals surface area contributed by atoms with Crippen molar-refractivity contribution in [2.24, 2.45) is 5.92 Å². The Hall–Kier alpha value is -4.05. The van der Waals surface area contributed by atoms with Gasteiger partial charge >= 0.3 is 11.9 Å². The third-order valence-electron chi connectivity index (χ3n) is 8.20. The largest absolute Gasteiger partial charge is 0.462 e. The van der Waals surface area contributed by atoms with Crippen molar-refractivity contribution in [2.45, 2.75) is 40.8 Å². The van der Waals surface area contributed by atoms with Gasteiger partial charge in [0.1, 0.15) is 11.3 Å². The van der Waals surface area contributed by atoms with Gasteiger partial charge in [-0.2, -0.15) is 0 Å². The summed E-state index contributed by atoms with van der Waals surface area (Å²) in [5.74, 6) is -1.26. The van der Waals surface area contributed by atoms with Crippen LogP contribution in [0.3, 0.4) is 0 Å². The standard InChI is InChI=1S/C34H28Cl2N2O6S/c1-2-43-34(40)22-7-3-5-9-27(22)44-33(39)20-13-16-25-23(17-20)30-24(32(37-25)19-11-14-21(35)15-12-19)18-29(31(30)36)45-28-10-6-4-8-26(28)38(41)42/h3-17,24,29-32,37H,2,18H2,1H3/t24-,29-,30+,31-,32+/m1/s1. The van der Waals surface area contributed by atoms with Gasteiger partial charge in [-0.15, -0.1) is 23.4 Å². The number of alkyl halides is 1. The predicted molar refractivity (Wildman–Crippen MR) is 175 cm³/mol. The van der Waals surface area contributed by atoms with E-state index in [1.807, 2.05) is 30.3 Å². The van der Waals surface area contributed by atoms with Crippen molar-refractivity contribution in [3.8, 4) is 5.75 Å². The third-order valence-corrected chi connectivity index (χ3v) is 10.6. The number of anilines is 1. The quantitative estimate of drug-likeness (QED) is 0.0656. The van der Waals surface area contributed by atoms with Gasteiger partial charge in [0.2, 0.25) is 0 Å². The number of nitro groups is 1. The Bertz CT molecular complexity index is 1770. The van der Waals surface area contributed by atoms with Crippen LogP contribution in [0.5, 0.6) is 5.75 Å². The molecule has 4 aromatic carbocycles. The highest BCUT2D eigenvalue weighted by atomic mass is 35.5. The lowest BCUT2D eigenvalue weighted by Gasteiger charge is -2.38. The highest BCUT2D eigenvalue weighted by Crippen LogP contribution is 2.58. The second-order valence-corrected chi connectivity index (χ2v) is 13.1. The Labute approximate surface area is 274 Å². The molecule has 0 aromatic heterocycles. The molecule has 0 radical (unpaired) electrons. The number of nitrogens with zero attached hydrogens (tertiary/aromatic N) is 1. The van der Waals surface area contributed by atoms with E-state index < -0.39 is 17.3 Å². The molecule has 5 atom stereocenters. The van der Waals surface area contributed by atoms with Crippen LogP contribution in [0.4, 0.5) is 11.4 Å². The van der Waals surface area contributed by atoms with Gasteiger partial charge in [-0.1, -0.05) is 48.0 Å². The molecule has 1 N–H and O–H groups in total. The molecule has 1 heterocycles. The molecule has 0 amide bonds. The summed E-state index contributed by atoms with van der Waals surface area (Å²) in [4.78, 5) is 37.8. The zero-order chi connectivity index (χ0) is 31.7. The Morgan fingerprint density at radius 3 is 2.49 bits per heavy atom. The number of hydrogen-bond donors (Lipinski definition) is 1. The number of hydrogen-bond acceptors (Lipinski definition) is 8. The van der Waals surface area contributed by atoms with Crippen LogP contribution in [0.2, 0.25) is 5.02 Å². The molecular formula is C34H28Cl2N2O6S. The van der Waals surface area contributed by atoms with Crippen LogP contribution >= 0.6 is 35.0 Å². The van der Waals surface area contributed by atoms with Crippen LogP contribution in [0, 0.1) is 16.0 Å². The van der Waals surface area contributed by atoms with Crippen LogP contribution < -0.4 is 10.1 Å². The third kappa shape index (κ3) is 6.25. The first-order valence-electron chi connectivity index (χ1n) is 14.4. The monoisotopic (exact) mass is 662 g/mol. The van der Waals surface area contributed by atoms with E-state index in [2.05, 4.69) is 5.32 Å². The van der Waals surface area contributed by atoms with E-state index >= 15 is 0 Å². The van der Waals surface area contributed by atoms with Gasteiger partial charge in [-0.05, 0) is 78.9 Å². The van der Waals surface area contributed by atoms with Crippen LogP contribution in [0.25, 0.3) is 0 Å². The zero-order valence-corrected chi connectivity index (χ0v) is 26.4. The van der Waals surface area contributed by atoms with Crippen LogP contribution in [0.1, 0.15) is 57.1 Å². The lowest BCUT2D eigenvalue weighted by molar-refractivity contribution is -0.387. The number of esters is 2. The molecule has 230 valence electrons. The van der Waals surface area contributed by atoms with Crippen molar-refractivity contribution in [2.75, 3.05) is 11.9 Å². The first-order chi connectivity index (χ1) is 21.7. The summed E-state index contributed by atoms with van der Waals surface area (Å²) >= 11 is 14.9. The lowest BCUT2D eigenvalue weighted by Crippen LogP contribution is -2.31. The van der Waals surface area contributed by atoms with Crippen molar-refractivity contribution in [3.05, 3.63) is 128 Å². The maximum Gasteiger partial charge on any atom is 0.343 e. The smallest absolute Gasteiger partial charge is 0.343 e. The molecule has 1 aliphatic heterocycles. The summed E-state index contributed by atoms with van der Waals surface area (Å²) in [6.07, 6.45) is 0.677. The van der Waals surface area contributed by atoms with Gasteiger partial charge in [-0.25, -0.2) is 9.59 Å². The van der Waals surface area contributed by atoms with Crippen molar-refractivity contribution < 1.29 is 24.0 Å². The van der Waals surface area contributed by atoms with E-state index in [0.29, 0.717) is 21.9 Å². The van der Waals surface area contributed by atoms with E-state index in [4.69, 9.17) is 32.7 Å². The minimum Gasteiger partial charge on any atom is -0.462 e. The average Bonchev–Trinajstić information content (AvgIpc) is 3.37. The average molecular weight is 664 g/mol. The van der Waals surface area contributed by atoms with E-state index in [1.165, 1.54) is 17.8 Å². The molecule has 8 nitrogen and oxygen atoms in total. The number of para-hydroxylation sites is 2. The van der Waals surface area contributed by atoms with E-state index in [1.54, 1.807) is 61.5 Å². The van der Waals surface area contributed by atoms with Gasteiger partial charge in [0.05, 0.1) is 33.4 Å². The molecule has 0 unspecified atom stereocenters. The fourth-order valence-corrected chi connectivity index (χ4v) is 8.28. The minimum atomic E-state index is -0.624. The number of thioether (sulfide) groups is 1. The van der Waals surface area contributed by atoms with Crippen LogP contribution in [0.15, 0.2) is 95.9 Å². The van der Waals surface area contributed by atoms with Gasteiger partial charge in [0.25, 0.3) is 5.69 Å². The fourth-order valence-electron chi connectivity index (χ4n) is 6.21. The summed E-state index contributed by atoms with van der Waals surface area (Å²) in [5, 5.41) is 15.5. The van der Waals surface area contributed by atoms with Crippen LogP contribution in [-0.4, -0.2) is 34.1 Å². The normalized spacial score (nSPS) is 21.6. The number of benzene rings is 4. The SMILES string of the molecule is CCOC(=O)c1ccccc1OC(=O)c1ccc2c(c1)[C@@H]1[C@H](Cl)[C@H](Sc3ccccc3[N+](=O)[O-])C[C@H]1[C@H](c1ccc(Cl)cc1)N2. The number of nitrogens with one attached hydrogen (secondary N) is 1. The van der Waals surface area contributed by atoms with E-state index in [-0.39, 0.29) is 51.7 Å². The summed E-state index contributed by atoms with van der Waals surface area (Å²) in [7, 11) is 0. The van der Waals surface area contributed by atoms with Crippen molar-refractivity contribution in [3.63, 3.8) is 0 Å². The highest BCUT2D eigenvalue weighted by Gasteiger charge is 2.50. The molecule has 1 aliphatic carbocycles. The number of halogens is 2. The number of carbonyl (C=O) groups excluding carboxylic acids is 2. The lowest BCUT2D eigenvalue weighted by atomic mass is 9.77. The Balaban J connectivity index is 1.34.